The highest BCUT2D eigenvalue weighted by Gasteiger charge is 2.33. The number of amides is 1. The van der Waals surface area contributed by atoms with Crippen molar-refractivity contribution in [2.24, 2.45) is 0 Å². The van der Waals surface area contributed by atoms with E-state index in [1.807, 2.05) is 0 Å². The van der Waals surface area contributed by atoms with E-state index in [1.165, 1.54) is 4.31 Å². The van der Waals surface area contributed by atoms with Gasteiger partial charge in [-0.25, -0.2) is 8.42 Å². The molecule has 0 aromatic heterocycles. The third-order valence-corrected chi connectivity index (χ3v) is 5.08. The van der Waals surface area contributed by atoms with E-state index in [0.29, 0.717) is 16.5 Å². The second kappa shape index (κ2) is 5.62. The molecule has 1 aromatic rings. The lowest BCUT2D eigenvalue weighted by molar-refractivity contribution is -0.128. The van der Waals surface area contributed by atoms with E-state index in [4.69, 9.17) is 16.3 Å². The topological polar surface area (TPSA) is 75.7 Å². The maximum atomic E-state index is 12.2. The summed E-state index contributed by atoms with van der Waals surface area (Å²) in [7, 11) is -3.48. The average Bonchev–Trinajstić information content (AvgIpc) is 3.22. The van der Waals surface area contributed by atoms with Crippen LogP contribution < -0.4 is 14.4 Å². The summed E-state index contributed by atoms with van der Waals surface area (Å²) in [5.74, 6) is 0.155. The van der Waals surface area contributed by atoms with Crippen LogP contribution in [0.3, 0.4) is 0 Å². The number of hydrogen-bond acceptors (Lipinski definition) is 4. The van der Waals surface area contributed by atoms with Crippen LogP contribution >= 0.6 is 11.6 Å². The summed E-state index contributed by atoms with van der Waals surface area (Å²) < 4.78 is 31.0. The number of hydrogen-bond donors (Lipinski definition) is 1. The van der Waals surface area contributed by atoms with E-state index in [1.54, 1.807) is 18.2 Å². The number of sulfonamides is 1. The van der Waals surface area contributed by atoms with Crippen molar-refractivity contribution < 1.29 is 17.9 Å². The molecule has 120 valence electrons. The Bertz CT molecular complexity index is 703. The van der Waals surface area contributed by atoms with Gasteiger partial charge in [-0.3, -0.25) is 9.10 Å². The summed E-state index contributed by atoms with van der Waals surface area (Å²) >= 11 is 5.97. The molecule has 0 spiro atoms. The second-order valence-electron chi connectivity index (χ2n) is 5.63. The molecular formula is C14H17ClN2O4S. The van der Waals surface area contributed by atoms with Crippen LogP contribution in [0.4, 0.5) is 5.69 Å². The molecule has 0 bridgehead atoms. The minimum absolute atomic E-state index is 0.176. The zero-order valence-electron chi connectivity index (χ0n) is 12.1. The summed E-state index contributed by atoms with van der Waals surface area (Å²) in [4.78, 5) is 12.2. The third-order valence-electron chi connectivity index (χ3n) is 3.67. The number of carbonyl (C=O) groups is 1. The van der Waals surface area contributed by atoms with Gasteiger partial charge < -0.3 is 10.1 Å². The fourth-order valence-electron chi connectivity index (χ4n) is 2.40. The zero-order valence-corrected chi connectivity index (χ0v) is 13.7. The van der Waals surface area contributed by atoms with Crippen molar-refractivity contribution in [1.29, 1.82) is 0 Å². The molecule has 22 heavy (non-hydrogen) atoms. The van der Waals surface area contributed by atoms with Gasteiger partial charge in [-0.1, -0.05) is 11.6 Å². The summed E-state index contributed by atoms with van der Waals surface area (Å²) in [5, 5.41) is 3.30. The fourth-order valence-corrected chi connectivity index (χ4v) is 3.51. The van der Waals surface area contributed by atoms with Gasteiger partial charge in [-0.2, -0.15) is 0 Å². The van der Waals surface area contributed by atoms with Crippen molar-refractivity contribution in [3.8, 4) is 5.75 Å². The molecule has 1 N–H and O–H groups in total. The Hall–Kier alpha value is -1.47. The maximum Gasteiger partial charge on any atom is 0.261 e. The number of rotatable bonds is 3. The van der Waals surface area contributed by atoms with Gasteiger partial charge in [0.25, 0.3) is 5.91 Å². The van der Waals surface area contributed by atoms with Crippen molar-refractivity contribution in [1.82, 2.24) is 5.32 Å². The first kappa shape index (κ1) is 15.4. The number of fused-ring (bicyclic) bond motifs is 1. The fraction of sp³-hybridized carbons (Fsp3) is 0.500. The van der Waals surface area contributed by atoms with Crippen molar-refractivity contribution in [3.63, 3.8) is 0 Å². The highest BCUT2D eigenvalue weighted by atomic mass is 35.5. The summed E-state index contributed by atoms with van der Waals surface area (Å²) in [6, 6.07) is 4.98. The number of anilines is 1. The Morgan fingerprint density at radius 2 is 2.09 bits per heavy atom. The molecule has 3 rings (SSSR count). The van der Waals surface area contributed by atoms with E-state index in [0.717, 1.165) is 19.1 Å². The lowest BCUT2D eigenvalue weighted by Crippen LogP contribution is -2.40. The normalized spacial score (nSPS) is 21.5. The van der Waals surface area contributed by atoms with Crippen LogP contribution in [0.2, 0.25) is 5.02 Å². The third kappa shape index (κ3) is 3.30. The van der Waals surface area contributed by atoms with Crippen molar-refractivity contribution in [2.75, 3.05) is 17.1 Å². The molecule has 2 aliphatic rings. The molecule has 0 saturated heterocycles. The van der Waals surface area contributed by atoms with E-state index in [9.17, 15) is 13.2 Å². The lowest BCUT2D eigenvalue weighted by Gasteiger charge is -2.21. The molecular weight excluding hydrogens is 328 g/mol. The Kier molecular flexibility index (Phi) is 3.94. The Morgan fingerprint density at radius 3 is 2.73 bits per heavy atom. The van der Waals surface area contributed by atoms with Gasteiger partial charge in [-0.15, -0.1) is 0 Å². The van der Waals surface area contributed by atoms with Gasteiger partial charge in [0.05, 0.1) is 11.9 Å². The van der Waals surface area contributed by atoms with Crippen LogP contribution in [0.25, 0.3) is 0 Å². The molecule has 1 unspecified atom stereocenters. The number of nitrogens with one attached hydrogen (secondary N) is 1. The number of benzene rings is 1. The van der Waals surface area contributed by atoms with E-state index < -0.39 is 16.1 Å². The monoisotopic (exact) mass is 344 g/mol. The predicted octanol–water partition coefficient (Wildman–Crippen LogP) is 1.54. The van der Waals surface area contributed by atoms with Crippen molar-refractivity contribution in [3.05, 3.63) is 23.2 Å². The molecule has 6 nitrogen and oxygen atoms in total. The van der Waals surface area contributed by atoms with Crippen LogP contribution in [0.5, 0.6) is 5.75 Å². The standard InChI is InChI=1S/C14H17ClN2O4S/c1-22(19,20)17-7-6-13(14(18)16-10-3-4-10)21-12-5-2-9(15)8-11(12)17/h2,5,8,10,13H,3-4,6-7H2,1H3,(H,16,18). The lowest BCUT2D eigenvalue weighted by atomic mass is 10.2. The van der Waals surface area contributed by atoms with Crippen molar-refractivity contribution in [2.45, 2.75) is 31.4 Å². The number of halogens is 1. The first-order valence-corrected chi connectivity index (χ1v) is 9.31. The highest BCUT2D eigenvalue weighted by Crippen LogP contribution is 2.36. The molecule has 1 aliphatic heterocycles. The molecule has 1 fully saturated rings. The minimum Gasteiger partial charge on any atom is -0.478 e. The Balaban J connectivity index is 1.91. The molecule has 0 radical (unpaired) electrons. The summed E-state index contributed by atoms with van der Waals surface area (Å²) in [5.41, 5.74) is 0.372. The first-order valence-electron chi connectivity index (χ1n) is 7.09. The van der Waals surface area contributed by atoms with Crippen LogP contribution in [0.15, 0.2) is 18.2 Å². The van der Waals surface area contributed by atoms with Crippen LogP contribution in [-0.4, -0.2) is 39.3 Å². The molecule has 1 aromatic carbocycles. The van der Waals surface area contributed by atoms with Crippen LogP contribution in [0, 0.1) is 0 Å². The number of carbonyl (C=O) groups excluding carboxylic acids is 1. The summed E-state index contributed by atoms with van der Waals surface area (Å²) in [6.07, 6.45) is 2.69. The SMILES string of the molecule is CS(=O)(=O)N1CCC(C(=O)NC2CC2)Oc2ccc(Cl)cc21. The quantitative estimate of drug-likeness (QED) is 0.902. The first-order chi connectivity index (χ1) is 10.3. The molecule has 1 amide bonds. The smallest absolute Gasteiger partial charge is 0.261 e. The van der Waals surface area contributed by atoms with Gasteiger partial charge in [0.1, 0.15) is 5.75 Å². The second-order valence-corrected chi connectivity index (χ2v) is 7.97. The van der Waals surface area contributed by atoms with Crippen LogP contribution in [0.1, 0.15) is 19.3 Å². The molecule has 1 atom stereocenters. The van der Waals surface area contributed by atoms with Gasteiger partial charge in [0.15, 0.2) is 6.10 Å². The number of ether oxygens (including phenoxy) is 1. The van der Waals surface area contributed by atoms with Gasteiger partial charge in [0, 0.05) is 24.0 Å². The van der Waals surface area contributed by atoms with Crippen LogP contribution in [-0.2, 0) is 14.8 Å². The van der Waals surface area contributed by atoms with Gasteiger partial charge in [0.2, 0.25) is 10.0 Å². The summed E-state index contributed by atoms with van der Waals surface area (Å²) in [6.45, 7) is 0.176. The van der Waals surface area contributed by atoms with E-state index in [2.05, 4.69) is 5.32 Å². The predicted molar refractivity (Wildman–Crippen MR) is 83.8 cm³/mol. The molecule has 1 aliphatic carbocycles. The van der Waals surface area contributed by atoms with E-state index >= 15 is 0 Å². The average molecular weight is 345 g/mol. The van der Waals surface area contributed by atoms with Crippen molar-refractivity contribution >= 4 is 33.2 Å². The highest BCUT2D eigenvalue weighted by molar-refractivity contribution is 7.92. The Labute approximate surface area is 134 Å². The maximum absolute atomic E-state index is 12.2. The van der Waals surface area contributed by atoms with Gasteiger partial charge >= 0.3 is 0 Å². The van der Waals surface area contributed by atoms with Gasteiger partial charge in [-0.05, 0) is 31.0 Å². The molecule has 8 heteroatoms. The zero-order chi connectivity index (χ0) is 15.9. The van der Waals surface area contributed by atoms with E-state index in [-0.39, 0.29) is 24.9 Å². The molecule has 1 saturated carbocycles. The minimum atomic E-state index is -3.48. The molecule has 1 heterocycles. The number of nitrogens with zero attached hydrogens (tertiary/aromatic N) is 1. The Morgan fingerprint density at radius 1 is 1.36 bits per heavy atom. The largest absolute Gasteiger partial charge is 0.478 e.